The van der Waals surface area contributed by atoms with Crippen LogP contribution in [0.3, 0.4) is 0 Å². The molecule has 1 aliphatic carbocycles. The first-order valence-corrected chi connectivity index (χ1v) is 9.15. The van der Waals surface area contributed by atoms with Gasteiger partial charge in [0.1, 0.15) is 6.04 Å². The minimum atomic E-state index is -1.17. The summed E-state index contributed by atoms with van der Waals surface area (Å²) in [5.41, 5.74) is 5.35. The Balaban J connectivity index is 1.50. The van der Waals surface area contributed by atoms with Gasteiger partial charge in [-0.2, -0.15) is 0 Å². The van der Waals surface area contributed by atoms with Crippen LogP contribution in [0.1, 0.15) is 30.0 Å². The van der Waals surface area contributed by atoms with E-state index in [4.69, 9.17) is 0 Å². The third-order valence-electron chi connectivity index (χ3n) is 5.54. The van der Waals surface area contributed by atoms with Crippen molar-refractivity contribution in [1.82, 2.24) is 4.90 Å². The van der Waals surface area contributed by atoms with Gasteiger partial charge in [0.2, 0.25) is 5.91 Å². The lowest BCUT2D eigenvalue weighted by Crippen LogP contribution is -3.15. The number of piperazine rings is 1. The lowest BCUT2D eigenvalue weighted by Gasteiger charge is -2.36. The molecule has 0 aromatic heterocycles. The molecule has 2 aromatic rings. The standard InChI is InChI=1S/C21H22N2O3/c24-19(9-10-20(25)26)22-11-13-23(14-12-22)21-17-7-3-1-5-15(17)16-6-2-4-8-18(16)21/h1-8,21H,9-14H2,(H,25,26). The van der Waals surface area contributed by atoms with Crippen LogP contribution >= 0.6 is 0 Å². The Morgan fingerprint density at radius 2 is 1.46 bits per heavy atom. The first kappa shape index (κ1) is 16.8. The van der Waals surface area contributed by atoms with Gasteiger partial charge in [0.15, 0.2) is 0 Å². The number of rotatable bonds is 4. The fourth-order valence-corrected chi connectivity index (χ4v) is 4.29. The first-order valence-electron chi connectivity index (χ1n) is 9.15. The molecule has 0 spiro atoms. The molecular formula is C21H22N2O3. The summed E-state index contributed by atoms with van der Waals surface area (Å²) in [7, 11) is 0. The number of amides is 1. The zero-order chi connectivity index (χ0) is 18.1. The first-order chi connectivity index (χ1) is 12.6. The summed E-state index contributed by atoms with van der Waals surface area (Å²) in [5.74, 6) is -1.25. The summed E-state index contributed by atoms with van der Waals surface area (Å²) in [6.07, 6.45) is -0.165. The molecule has 0 atom stereocenters. The maximum atomic E-state index is 12.2. The monoisotopic (exact) mass is 350 g/mol. The van der Waals surface area contributed by atoms with Crippen molar-refractivity contribution in [1.29, 1.82) is 0 Å². The zero-order valence-electron chi connectivity index (χ0n) is 14.6. The van der Waals surface area contributed by atoms with Crippen LogP contribution in [0.25, 0.3) is 11.1 Å². The number of nitrogens with zero attached hydrogens (tertiary/aromatic N) is 1. The number of aliphatic carboxylic acids is 1. The zero-order valence-corrected chi connectivity index (χ0v) is 14.6. The molecular weight excluding hydrogens is 328 g/mol. The average molecular weight is 350 g/mol. The summed E-state index contributed by atoms with van der Waals surface area (Å²) < 4.78 is 0. The Bertz CT molecular complexity index is 795. The van der Waals surface area contributed by atoms with Crippen LogP contribution in [-0.2, 0) is 9.59 Å². The van der Waals surface area contributed by atoms with E-state index < -0.39 is 5.97 Å². The number of carboxylic acid groups (broad SMARTS) is 1. The Morgan fingerprint density at radius 1 is 0.923 bits per heavy atom. The number of carboxylic acids is 1. The number of nitrogens with one attached hydrogen (secondary N) is 1. The molecule has 5 nitrogen and oxygen atoms in total. The Hall–Kier alpha value is -2.66. The lowest BCUT2D eigenvalue weighted by atomic mass is 10.0. The van der Waals surface area contributed by atoms with E-state index in [1.54, 1.807) is 4.90 Å². The fourth-order valence-electron chi connectivity index (χ4n) is 4.29. The van der Waals surface area contributed by atoms with Gasteiger partial charge in [-0.3, -0.25) is 4.79 Å². The van der Waals surface area contributed by atoms with Crippen LogP contribution in [-0.4, -0.2) is 43.0 Å². The molecule has 1 heterocycles. The van der Waals surface area contributed by atoms with Gasteiger partial charge in [-0.05, 0) is 17.5 Å². The third-order valence-corrected chi connectivity index (χ3v) is 5.54. The van der Waals surface area contributed by atoms with E-state index in [-0.39, 0.29) is 18.7 Å². The van der Waals surface area contributed by atoms with Crippen molar-refractivity contribution >= 4 is 11.9 Å². The summed E-state index contributed by atoms with van der Waals surface area (Å²) in [6.45, 7) is 3.07. The molecule has 0 bridgehead atoms. The molecule has 1 fully saturated rings. The normalized spacial score (nSPS) is 17.0. The molecule has 2 aliphatic rings. The molecule has 5 heteroatoms. The number of benzene rings is 2. The molecule has 134 valence electrons. The van der Waals surface area contributed by atoms with Crippen LogP contribution in [0, 0.1) is 0 Å². The van der Waals surface area contributed by atoms with Crippen molar-refractivity contribution in [2.75, 3.05) is 26.2 Å². The van der Waals surface area contributed by atoms with Crippen molar-refractivity contribution in [2.24, 2.45) is 0 Å². The molecule has 0 radical (unpaired) electrons. The predicted molar refractivity (Wildman–Crippen MR) is 95.2 cm³/mol. The van der Waals surface area contributed by atoms with Crippen LogP contribution in [0.15, 0.2) is 48.5 Å². The third kappa shape index (κ3) is 2.99. The van der Waals surface area contributed by atoms with Crippen molar-refractivity contribution in [3.63, 3.8) is 0 Å². The van der Waals surface area contributed by atoms with Gasteiger partial charge in [-0.25, -0.2) is 0 Å². The highest BCUT2D eigenvalue weighted by atomic mass is 16.4. The number of quaternary nitrogens is 1. The summed E-state index contributed by atoms with van der Waals surface area (Å²) >= 11 is 0. The number of fused-ring (bicyclic) bond motifs is 3. The number of hydrogen-bond acceptors (Lipinski definition) is 3. The van der Waals surface area contributed by atoms with E-state index in [0.29, 0.717) is 19.1 Å². The largest absolute Gasteiger partial charge is 0.550 e. The van der Waals surface area contributed by atoms with Gasteiger partial charge in [0, 0.05) is 23.5 Å². The van der Waals surface area contributed by atoms with E-state index in [1.807, 2.05) is 0 Å². The highest BCUT2D eigenvalue weighted by Crippen LogP contribution is 2.41. The minimum Gasteiger partial charge on any atom is -0.550 e. The number of carbonyl (C=O) groups is 2. The molecule has 1 saturated heterocycles. The predicted octanol–water partition coefficient (Wildman–Crippen LogP) is 0.0136. The molecule has 0 saturated carbocycles. The maximum Gasteiger partial charge on any atom is 0.223 e. The molecule has 4 rings (SSSR count). The second-order valence-corrected chi connectivity index (χ2v) is 7.02. The van der Waals surface area contributed by atoms with Crippen LogP contribution in [0.4, 0.5) is 0 Å². The second kappa shape index (κ2) is 6.92. The second-order valence-electron chi connectivity index (χ2n) is 7.02. The molecule has 1 aliphatic heterocycles. The summed E-state index contributed by atoms with van der Waals surface area (Å²) in [4.78, 5) is 26.0. The van der Waals surface area contributed by atoms with Gasteiger partial charge in [0.25, 0.3) is 0 Å². The van der Waals surface area contributed by atoms with E-state index in [9.17, 15) is 14.7 Å². The van der Waals surface area contributed by atoms with Crippen LogP contribution in [0.5, 0.6) is 0 Å². The minimum absolute atomic E-state index is 0.0345. The molecule has 1 amide bonds. The lowest BCUT2D eigenvalue weighted by molar-refractivity contribution is -0.929. The van der Waals surface area contributed by atoms with Gasteiger partial charge in [-0.15, -0.1) is 0 Å². The van der Waals surface area contributed by atoms with Crippen LogP contribution < -0.4 is 10.0 Å². The highest BCUT2D eigenvalue weighted by Gasteiger charge is 2.37. The summed E-state index contributed by atoms with van der Waals surface area (Å²) in [5, 5.41) is 10.6. The van der Waals surface area contributed by atoms with Gasteiger partial charge >= 0.3 is 0 Å². The number of hydrogen-bond donors (Lipinski definition) is 1. The topological polar surface area (TPSA) is 64.9 Å². The highest BCUT2D eigenvalue weighted by molar-refractivity contribution is 5.80. The Morgan fingerprint density at radius 3 is 2.00 bits per heavy atom. The Kier molecular flexibility index (Phi) is 4.47. The molecule has 26 heavy (non-hydrogen) atoms. The van der Waals surface area contributed by atoms with Gasteiger partial charge in [-0.1, -0.05) is 48.5 Å². The van der Waals surface area contributed by atoms with Gasteiger partial charge < -0.3 is 19.7 Å². The fraction of sp³-hybridized carbons (Fsp3) is 0.333. The SMILES string of the molecule is O=C([O-])CCC(=O)N1CC[NH+](C2c3ccccc3-c3ccccc32)CC1. The van der Waals surface area contributed by atoms with E-state index in [1.165, 1.54) is 27.2 Å². The van der Waals surface area contributed by atoms with Crippen molar-refractivity contribution in [3.05, 3.63) is 59.7 Å². The molecule has 1 N–H and O–H groups in total. The molecule has 0 unspecified atom stereocenters. The van der Waals surface area contributed by atoms with Crippen LogP contribution in [0.2, 0.25) is 0 Å². The molecule has 2 aromatic carbocycles. The quantitative estimate of drug-likeness (QED) is 0.845. The average Bonchev–Trinajstić information content (AvgIpc) is 3.01. The van der Waals surface area contributed by atoms with E-state index >= 15 is 0 Å². The van der Waals surface area contributed by atoms with E-state index in [0.717, 1.165) is 13.1 Å². The van der Waals surface area contributed by atoms with E-state index in [2.05, 4.69) is 48.5 Å². The maximum absolute atomic E-state index is 12.2. The smallest absolute Gasteiger partial charge is 0.223 e. The van der Waals surface area contributed by atoms with Crippen molar-refractivity contribution < 1.29 is 19.6 Å². The number of carbonyl (C=O) groups excluding carboxylic acids is 2. The van der Waals surface area contributed by atoms with Crippen molar-refractivity contribution in [3.8, 4) is 11.1 Å². The summed E-state index contributed by atoms with van der Waals surface area (Å²) in [6, 6.07) is 17.5. The Labute approximate surface area is 152 Å². The van der Waals surface area contributed by atoms with Crippen molar-refractivity contribution in [2.45, 2.75) is 18.9 Å². The van der Waals surface area contributed by atoms with Gasteiger partial charge in [0.05, 0.1) is 26.2 Å².